The van der Waals surface area contributed by atoms with Crippen LogP contribution < -0.4 is 5.32 Å². The maximum atomic E-state index is 5.26. The van der Waals surface area contributed by atoms with Crippen LogP contribution in [0.3, 0.4) is 0 Å². The van der Waals surface area contributed by atoms with Crippen LogP contribution in [0.1, 0.15) is 24.6 Å². The van der Waals surface area contributed by atoms with E-state index < -0.39 is 0 Å². The summed E-state index contributed by atoms with van der Waals surface area (Å²) in [7, 11) is 1.77. The van der Waals surface area contributed by atoms with Crippen LogP contribution in [0, 0.1) is 0 Å². The number of hydrogen-bond acceptors (Lipinski definition) is 3. The first-order valence-corrected chi connectivity index (χ1v) is 8.06. The molecule has 2 rings (SSSR count). The van der Waals surface area contributed by atoms with Gasteiger partial charge in [0.2, 0.25) is 0 Å². The monoisotopic (exact) mass is 289 g/mol. The molecule has 3 heteroatoms. The van der Waals surface area contributed by atoms with E-state index in [2.05, 4.69) is 54.0 Å². The minimum Gasteiger partial charge on any atom is -0.383 e. The van der Waals surface area contributed by atoms with Gasteiger partial charge in [-0.05, 0) is 29.0 Å². The van der Waals surface area contributed by atoms with E-state index in [1.165, 1.54) is 22.4 Å². The molecule has 2 aromatic rings. The smallest absolute Gasteiger partial charge is 0.0615 e. The summed E-state index contributed by atoms with van der Waals surface area (Å²) >= 11 is 1.82. The maximum Gasteiger partial charge on any atom is 0.0615 e. The summed E-state index contributed by atoms with van der Waals surface area (Å²) in [5.41, 5.74) is 2.60. The van der Waals surface area contributed by atoms with Gasteiger partial charge in [-0.15, -0.1) is 11.3 Å². The van der Waals surface area contributed by atoms with E-state index >= 15 is 0 Å². The van der Waals surface area contributed by atoms with Crippen molar-refractivity contribution in [3.8, 4) is 11.1 Å². The van der Waals surface area contributed by atoms with E-state index in [9.17, 15) is 0 Å². The van der Waals surface area contributed by atoms with E-state index in [1.54, 1.807) is 7.11 Å². The Hall–Kier alpha value is -1.16. The Bertz CT molecular complexity index is 489. The van der Waals surface area contributed by atoms with E-state index in [4.69, 9.17) is 4.74 Å². The van der Waals surface area contributed by atoms with E-state index in [-0.39, 0.29) is 0 Å². The number of thiophene rings is 1. The van der Waals surface area contributed by atoms with Gasteiger partial charge in [0.05, 0.1) is 6.61 Å². The second kappa shape index (κ2) is 8.20. The lowest BCUT2D eigenvalue weighted by Crippen LogP contribution is -2.32. The fraction of sp³-hybridized carbons (Fsp3) is 0.412. The van der Waals surface area contributed by atoms with Crippen molar-refractivity contribution < 1.29 is 4.74 Å². The Morgan fingerprint density at radius 2 is 2.00 bits per heavy atom. The van der Waals surface area contributed by atoms with E-state index in [0.717, 1.165) is 19.6 Å². The zero-order chi connectivity index (χ0) is 14.2. The van der Waals surface area contributed by atoms with Gasteiger partial charge in [-0.2, -0.15) is 0 Å². The summed E-state index contributed by atoms with van der Waals surface area (Å²) in [4.78, 5) is 1.38. The van der Waals surface area contributed by atoms with Gasteiger partial charge in [0.25, 0.3) is 0 Å². The highest BCUT2D eigenvalue weighted by Crippen LogP contribution is 2.25. The summed E-state index contributed by atoms with van der Waals surface area (Å²) in [5, 5.41) is 5.82. The lowest BCUT2D eigenvalue weighted by atomic mass is 10.1. The van der Waals surface area contributed by atoms with Gasteiger partial charge in [0, 0.05) is 24.6 Å². The molecule has 0 saturated heterocycles. The molecule has 0 aliphatic rings. The molecule has 1 aromatic heterocycles. The fourth-order valence-corrected chi connectivity index (χ4v) is 3.14. The molecular weight excluding hydrogens is 266 g/mol. The molecule has 0 fully saturated rings. The lowest BCUT2D eigenvalue weighted by molar-refractivity contribution is 0.161. The Labute approximate surface area is 125 Å². The third-order valence-electron chi connectivity index (χ3n) is 3.33. The highest BCUT2D eigenvalue weighted by atomic mass is 32.1. The molecule has 1 aromatic carbocycles. The van der Waals surface area contributed by atoms with Crippen LogP contribution in [0.15, 0.2) is 41.8 Å². The molecule has 0 spiro atoms. The summed E-state index contributed by atoms with van der Waals surface area (Å²) in [6.45, 7) is 3.92. The molecule has 0 aliphatic carbocycles. The second-order valence-electron chi connectivity index (χ2n) is 4.99. The number of nitrogens with one attached hydrogen (secondary N) is 1. The molecule has 0 bridgehead atoms. The highest BCUT2D eigenvalue weighted by molar-refractivity contribution is 7.10. The van der Waals surface area contributed by atoms with Crippen molar-refractivity contribution in [3.05, 3.63) is 46.7 Å². The molecule has 1 unspecified atom stereocenters. The third-order valence-corrected chi connectivity index (χ3v) is 4.27. The summed E-state index contributed by atoms with van der Waals surface area (Å²) in [5.74, 6) is 0. The summed E-state index contributed by atoms with van der Waals surface area (Å²) in [6, 6.07) is 13.3. The lowest BCUT2D eigenvalue weighted by Gasteiger charge is -2.16. The first-order chi connectivity index (χ1) is 9.83. The standard InChI is InChI=1S/C17H23NOS/c1-3-7-16(12-19-2)18-11-17-10-15(13-20-17)14-8-5-4-6-9-14/h4-6,8-10,13,16,18H,3,7,11-12H2,1-2H3. The first-order valence-electron chi connectivity index (χ1n) is 7.18. The van der Waals surface area contributed by atoms with Crippen molar-refractivity contribution in [1.29, 1.82) is 0 Å². The first kappa shape index (κ1) is 15.2. The van der Waals surface area contributed by atoms with Crippen LogP contribution in [0.25, 0.3) is 11.1 Å². The SMILES string of the molecule is CCCC(COC)NCc1cc(-c2ccccc2)cs1. The van der Waals surface area contributed by atoms with E-state index in [0.29, 0.717) is 6.04 Å². The number of rotatable bonds is 8. The normalized spacial score (nSPS) is 12.5. The number of ether oxygens (including phenoxy) is 1. The Morgan fingerprint density at radius 1 is 1.20 bits per heavy atom. The molecule has 2 nitrogen and oxygen atoms in total. The average molecular weight is 289 g/mol. The molecule has 0 aliphatic heterocycles. The Balaban J connectivity index is 1.92. The largest absolute Gasteiger partial charge is 0.383 e. The zero-order valence-corrected chi connectivity index (χ0v) is 13.1. The molecule has 0 amide bonds. The maximum absolute atomic E-state index is 5.26. The molecule has 0 radical (unpaired) electrons. The minimum atomic E-state index is 0.451. The molecule has 1 N–H and O–H groups in total. The van der Waals surface area contributed by atoms with Crippen molar-refractivity contribution in [2.75, 3.05) is 13.7 Å². The van der Waals surface area contributed by atoms with Gasteiger partial charge >= 0.3 is 0 Å². The van der Waals surface area contributed by atoms with Crippen molar-refractivity contribution in [2.24, 2.45) is 0 Å². The van der Waals surface area contributed by atoms with Crippen LogP contribution in [0.5, 0.6) is 0 Å². The quantitative estimate of drug-likeness (QED) is 0.781. The Morgan fingerprint density at radius 3 is 2.70 bits per heavy atom. The number of hydrogen-bond donors (Lipinski definition) is 1. The van der Waals surface area contributed by atoms with Crippen molar-refractivity contribution >= 4 is 11.3 Å². The number of benzene rings is 1. The van der Waals surface area contributed by atoms with Gasteiger partial charge < -0.3 is 10.1 Å². The predicted octanol–water partition coefficient (Wildman–Crippen LogP) is 4.32. The van der Waals surface area contributed by atoms with E-state index in [1.807, 2.05) is 11.3 Å². The van der Waals surface area contributed by atoms with Crippen LogP contribution in [0.2, 0.25) is 0 Å². The van der Waals surface area contributed by atoms with Crippen LogP contribution in [0.4, 0.5) is 0 Å². The predicted molar refractivity (Wildman–Crippen MR) is 87.2 cm³/mol. The molecule has 0 saturated carbocycles. The third kappa shape index (κ3) is 4.44. The molecule has 1 heterocycles. The molecular formula is C17H23NOS. The van der Waals surface area contributed by atoms with Crippen molar-refractivity contribution in [3.63, 3.8) is 0 Å². The Kier molecular flexibility index (Phi) is 6.25. The highest BCUT2D eigenvalue weighted by Gasteiger charge is 2.08. The van der Waals surface area contributed by atoms with Gasteiger partial charge in [-0.25, -0.2) is 0 Å². The zero-order valence-electron chi connectivity index (χ0n) is 12.3. The van der Waals surface area contributed by atoms with Gasteiger partial charge in [0.1, 0.15) is 0 Å². The fourth-order valence-electron chi connectivity index (χ4n) is 2.29. The summed E-state index contributed by atoms with van der Waals surface area (Å²) in [6.07, 6.45) is 2.34. The molecule has 20 heavy (non-hydrogen) atoms. The van der Waals surface area contributed by atoms with Crippen molar-refractivity contribution in [1.82, 2.24) is 5.32 Å². The van der Waals surface area contributed by atoms with Crippen LogP contribution in [-0.4, -0.2) is 19.8 Å². The summed E-state index contributed by atoms with van der Waals surface area (Å²) < 4.78 is 5.26. The van der Waals surface area contributed by atoms with Gasteiger partial charge in [0.15, 0.2) is 0 Å². The van der Waals surface area contributed by atoms with Crippen LogP contribution >= 0.6 is 11.3 Å². The van der Waals surface area contributed by atoms with Crippen molar-refractivity contribution in [2.45, 2.75) is 32.4 Å². The molecule has 108 valence electrons. The second-order valence-corrected chi connectivity index (χ2v) is 5.99. The average Bonchev–Trinajstić information content (AvgIpc) is 2.95. The molecule has 1 atom stereocenters. The van der Waals surface area contributed by atoms with Crippen LogP contribution in [-0.2, 0) is 11.3 Å². The number of methoxy groups -OCH3 is 1. The minimum absolute atomic E-state index is 0.451. The van der Waals surface area contributed by atoms with Gasteiger partial charge in [-0.3, -0.25) is 0 Å². The van der Waals surface area contributed by atoms with Gasteiger partial charge in [-0.1, -0.05) is 43.7 Å². The topological polar surface area (TPSA) is 21.3 Å².